The van der Waals surface area contributed by atoms with E-state index in [1.165, 1.54) is 0 Å². The minimum absolute atomic E-state index is 0.0472. The predicted octanol–water partition coefficient (Wildman–Crippen LogP) is 1.84. The van der Waals surface area contributed by atoms with E-state index in [-0.39, 0.29) is 18.1 Å². The van der Waals surface area contributed by atoms with Crippen LogP contribution in [0.25, 0.3) is 0 Å². The number of aromatic nitrogens is 2. The van der Waals surface area contributed by atoms with Gasteiger partial charge < -0.3 is 20.5 Å². The number of aryl methyl sites for hydroxylation is 1. The number of hydrogen-bond donors (Lipinski definition) is 2. The number of nitro groups is 1. The summed E-state index contributed by atoms with van der Waals surface area (Å²) in [5.41, 5.74) is -0.614. The lowest BCUT2D eigenvalue weighted by molar-refractivity contribution is -0.388. The molecule has 0 radical (unpaired) electrons. The highest BCUT2D eigenvalue weighted by Gasteiger charge is 2.39. The molecule has 1 aromatic heterocycles. The van der Waals surface area contributed by atoms with Crippen LogP contribution in [0.15, 0.2) is 0 Å². The molecule has 0 unspecified atom stereocenters. The summed E-state index contributed by atoms with van der Waals surface area (Å²) < 4.78 is 1.60. The molecular formula is C12H18N4O4. The number of hydrogen-bond acceptors (Lipinski definition) is 5. The van der Waals surface area contributed by atoms with Crippen molar-refractivity contribution >= 4 is 17.6 Å². The summed E-state index contributed by atoms with van der Waals surface area (Å²) in [6, 6.07) is 0. The van der Waals surface area contributed by atoms with E-state index < -0.39 is 16.4 Å². The van der Waals surface area contributed by atoms with Crippen LogP contribution in [0.1, 0.15) is 37.9 Å². The van der Waals surface area contributed by atoms with Crippen LogP contribution < -0.4 is 5.32 Å². The van der Waals surface area contributed by atoms with E-state index in [0.717, 1.165) is 12.8 Å². The van der Waals surface area contributed by atoms with Gasteiger partial charge in [-0.2, -0.15) is 0 Å². The Balaban J connectivity index is 2.36. The van der Waals surface area contributed by atoms with Gasteiger partial charge in [0.15, 0.2) is 0 Å². The number of anilines is 1. The van der Waals surface area contributed by atoms with Crippen molar-refractivity contribution in [3.8, 4) is 0 Å². The summed E-state index contributed by atoms with van der Waals surface area (Å²) in [6.45, 7) is 1.68. The van der Waals surface area contributed by atoms with Gasteiger partial charge >= 0.3 is 11.8 Å². The molecule has 0 amide bonds. The molecule has 0 aliphatic heterocycles. The van der Waals surface area contributed by atoms with Gasteiger partial charge in [-0.3, -0.25) is 9.36 Å². The molecule has 8 nitrogen and oxygen atoms in total. The maximum absolute atomic E-state index is 11.1. The second-order valence-corrected chi connectivity index (χ2v) is 5.33. The van der Waals surface area contributed by atoms with Crippen LogP contribution in [0.3, 0.4) is 0 Å². The summed E-state index contributed by atoms with van der Waals surface area (Å²) in [6.07, 6.45) is 3.19. The molecule has 110 valence electrons. The molecular weight excluding hydrogens is 264 g/mol. The number of carboxylic acids is 1. The lowest BCUT2D eigenvalue weighted by atomic mass is 9.93. The third-order valence-corrected chi connectivity index (χ3v) is 3.91. The molecule has 0 atom stereocenters. The normalized spacial score (nSPS) is 17.1. The van der Waals surface area contributed by atoms with E-state index >= 15 is 0 Å². The van der Waals surface area contributed by atoms with Gasteiger partial charge in [-0.25, -0.2) is 0 Å². The SMILES string of the molecule is Cc1nc([N+](=O)[O-])c(NC2(CC(=O)O)CCCC2)n1C. The third-order valence-electron chi connectivity index (χ3n) is 3.91. The fourth-order valence-electron chi connectivity index (χ4n) is 2.80. The van der Waals surface area contributed by atoms with E-state index in [4.69, 9.17) is 5.11 Å². The zero-order valence-corrected chi connectivity index (χ0v) is 11.5. The minimum Gasteiger partial charge on any atom is -0.481 e. The van der Waals surface area contributed by atoms with Crippen molar-refractivity contribution in [1.82, 2.24) is 9.55 Å². The zero-order valence-electron chi connectivity index (χ0n) is 11.5. The van der Waals surface area contributed by atoms with E-state index in [0.29, 0.717) is 18.7 Å². The van der Waals surface area contributed by atoms with Crippen molar-refractivity contribution in [2.75, 3.05) is 5.32 Å². The number of nitrogens with zero attached hydrogens (tertiary/aromatic N) is 3. The second kappa shape index (κ2) is 5.10. The van der Waals surface area contributed by atoms with E-state index in [1.807, 2.05) is 0 Å². The molecule has 0 saturated heterocycles. The van der Waals surface area contributed by atoms with Crippen LogP contribution >= 0.6 is 0 Å². The molecule has 2 N–H and O–H groups in total. The molecule has 1 aliphatic rings. The van der Waals surface area contributed by atoms with Crippen LogP contribution in [0.5, 0.6) is 0 Å². The topological polar surface area (TPSA) is 110 Å². The van der Waals surface area contributed by atoms with Gasteiger partial charge in [0.1, 0.15) is 0 Å². The molecule has 8 heteroatoms. The average molecular weight is 282 g/mol. The van der Waals surface area contributed by atoms with Crippen LogP contribution in [-0.4, -0.2) is 31.1 Å². The number of rotatable bonds is 5. The Hall–Kier alpha value is -2.12. The molecule has 0 spiro atoms. The molecule has 1 saturated carbocycles. The van der Waals surface area contributed by atoms with Crippen molar-refractivity contribution in [2.45, 2.75) is 44.6 Å². The van der Waals surface area contributed by atoms with Gasteiger partial charge in [0.05, 0.1) is 6.42 Å². The summed E-state index contributed by atoms with van der Waals surface area (Å²) in [4.78, 5) is 25.5. The van der Waals surface area contributed by atoms with Gasteiger partial charge in [0, 0.05) is 19.5 Å². The highest BCUT2D eigenvalue weighted by molar-refractivity contribution is 5.70. The number of imidazole rings is 1. The molecule has 20 heavy (non-hydrogen) atoms. The zero-order chi connectivity index (χ0) is 14.9. The Kier molecular flexibility index (Phi) is 3.65. The van der Waals surface area contributed by atoms with E-state index in [9.17, 15) is 14.9 Å². The summed E-state index contributed by atoms with van der Waals surface area (Å²) in [7, 11) is 1.68. The molecule has 1 aliphatic carbocycles. The molecule has 1 aromatic rings. The Morgan fingerprint density at radius 3 is 2.65 bits per heavy atom. The van der Waals surface area contributed by atoms with Gasteiger partial charge in [0.2, 0.25) is 11.6 Å². The van der Waals surface area contributed by atoms with Crippen molar-refractivity contribution in [3.63, 3.8) is 0 Å². The minimum atomic E-state index is -0.902. The molecule has 0 bridgehead atoms. The van der Waals surface area contributed by atoms with Crippen molar-refractivity contribution in [1.29, 1.82) is 0 Å². The quantitative estimate of drug-likeness (QED) is 0.629. The van der Waals surface area contributed by atoms with Crippen molar-refractivity contribution in [3.05, 3.63) is 15.9 Å². The first-order chi connectivity index (χ1) is 9.34. The molecule has 1 fully saturated rings. The van der Waals surface area contributed by atoms with Gasteiger partial charge in [-0.1, -0.05) is 12.8 Å². The highest BCUT2D eigenvalue weighted by Crippen LogP contribution is 2.38. The Labute approximate surface area is 116 Å². The summed E-state index contributed by atoms with van der Waals surface area (Å²) in [5.74, 6) is -0.346. The fourth-order valence-corrected chi connectivity index (χ4v) is 2.80. The number of aliphatic carboxylic acids is 1. The predicted molar refractivity (Wildman–Crippen MR) is 71.7 cm³/mol. The maximum atomic E-state index is 11.1. The monoisotopic (exact) mass is 282 g/mol. The standard InChI is InChI=1S/C12H18N4O4/c1-8-13-10(16(19)20)11(15(8)2)14-12(7-9(17)18)5-3-4-6-12/h14H,3-7H2,1-2H3,(H,17,18). The van der Waals surface area contributed by atoms with Crippen LogP contribution in [0, 0.1) is 17.0 Å². The Morgan fingerprint density at radius 1 is 1.55 bits per heavy atom. The van der Waals surface area contributed by atoms with Crippen molar-refractivity contribution in [2.24, 2.45) is 7.05 Å². The molecule has 1 heterocycles. The number of carboxylic acid groups (broad SMARTS) is 1. The van der Waals surface area contributed by atoms with Crippen LogP contribution in [0.4, 0.5) is 11.6 Å². The maximum Gasteiger partial charge on any atom is 0.406 e. The lowest BCUT2D eigenvalue weighted by Crippen LogP contribution is -2.38. The Morgan fingerprint density at radius 2 is 2.15 bits per heavy atom. The fraction of sp³-hybridized carbons (Fsp3) is 0.667. The van der Waals surface area contributed by atoms with Gasteiger partial charge in [0.25, 0.3) is 0 Å². The third kappa shape index (κ3) is 2.59. The first kappa shape index (κ1) is 14.3. The van der Waals surface area contributed by atoms with Gasteiger partial charge in [-0.05, 0) is 22.7 Å². The number of nitrogens with one attached hydrogen (secondary N) is 1. The van der Waals surface area contributed by atoms with Crippen LogP contribution in [0.2, 0.25) is 0 Å². The van der Waals surface area contributed by atoms with Crippen molar-refractivity contribution < 1.29 is 14.8 Å². The highest BCUT2D eigenvalue weighted by atomic mass is 16.6. The Bertz CT molecular complexity index is 546. The molecule has 2 rings (SSSR count). The van der Waals surface area contributed by atoms with E-state index in [1.54, 1.807) is 18.5 Å². The van der Waals surface area contributed by atoms with Crippen LogP contribution in [-0.2, 0) is 11.8 Å². The molecule has 0 aromatic carbocycles. The first-order valence-electron chi connectivity index (χ1n) is 6.52. The second-order valence-electron chi connectivity index (χ2n) is 5.33. The summed E-state index contributed by atoms with van der Waals surface area (Å²) >= 11 is 0. The van der Waals surface area contributed by atoms with Gasteiger partial charge in [-0.15, -0.1) is 0 Å². The largest absolute Gasteiger partial charge is 0.481 e. The van der Waals surface area contributed by atoms with E-state index in [2.05, 4.69) is 10.3 Å². The summed E-state index contributed by atoms with van der Waals surface area (Å²) in [5, 5.41) is 23.2. The first-order valence-corrected chi connectivity index (χ1v) is 6.52. The smallest absolute Gasteiger partial charge is 0.406 e. The lowest BCUT2D eigenvalue weighted by Gasteiger charge is -2.29. The number of carbonyl (C=O) groups is 1. The average Bonchev–Trinajstić information content (AvgIpc) is 2.89.